The van der Waals surface area contributed by atoms with Crippen molar-refractivity contribution in [3.05, 3.63) is 0 Å². The molecule has 0 aromatic heterocycles. The monoisotopic (exact) mass is 303 g/mol. The Morgan fingerprint density at radius 2 is 1.74 bits per heavy atom. The zero-order chi connectivity index (χ0) is 13.7. The SMILES string of the molecule is CN1CCN(C(=S)SCC(=O)N2CCOCC2)CC1. The Morgan fingerprint density at radius 1 is 1.11 bits per heavy atom. The van der Waals surface area contributed by atoms with Crippen molar-refractivity contribution < 1.29 is 9.53 Å². The fourth-order valence-electron chi connectivity index (χ4n) is 2.11. The van der Waals surface area contributed by atoms with Crippen molar-refractivity contribution in [3.63, 3.8) is 0 Å². The van der Waals surface area contributed by atoms with Crippen LogP contribution in [0.25, 0.3) is 0 Å². The molecule has 2 rings (SSSR count). The number of morpholine rings is 1. The van der Waals surface area contributed by atoms with E-state index >= 15 is 0 Å². The Balaban J connectivity index is 1.69. The molecule has 0 N–H and O–H groups in total. The van der Waals surface area contributed by atoms with Gasteiger partial charge in [-0.05, 0) is 7.05 Å². The molecule has 7 heteroatoms. The smallest absolute Gasteiger partial charge is 0.233 e. The summed E-state index contributed by atoms with van der Waals surface area (Å²) in [5, 5.41) is 0. The minimum absolute atomic E-state index is 0.171. The number of thiocarbonyl (C=S) groups is 1. The van der Waals surface area contributed by atoms with Crippen molar-refractivity contribution in [2.24, 2.45) is 0 Å². The van der Waals surface area contributed by atoms with Gasteiger partial charge in [-0.25, -0.2) is 0 Å². The highest BCUT2D eigenvalue weighted by molar-refractivity contribution is 8.23. The van der Waals surface area contributed by atoms with Gasteiger partial charge < -0.3 is 19.4 Å². The second-order valence-corrected chi connectivity index (χ2v) is 6.45. The van der Waals surface area contributed by atoms with Gasteiger partial charge in [0.15, 0.2) is 0 Å². The third-order valence-corrected chi connectivity index (χ3v) is 4.95. The molecular formula is C12H21N3O2S2. The Hall–Kier alpha value is -0.370. The molecule has 5 nitrogen and oxygen atoms in total. The van der Waals surface area contributed by atoms with E-state index in [1.54, 1.807) is 0 Å². The molecule has 2 fully saturated rings. The summed E-state index contributed by atoms with van der Waals surface area (Å²) in [5.41, 5.74) is 0. The molecule has 2 aliphatic heterocycles. The quantitative estimate of drug-likeness (QED) is 0.674. The summed E-state index contributed by atoms with van der Waals surface area (Å²) in [6, 6.07) is 0. The molecule has 0 spiro atoms. The molecule has 1 amide bonds. The minimum Gasteiger partial charge on any atom is -0.378 e. The molecule has 0 bridgehead atoms. The van der Waals surface area contributed by atoms with Gasteiger partial charge in [-0.15, -0.1) is 0 Å². The van der Waals surface area contributed by atoms with Crippen molar-refractivity contribution >= 4 is 34.2 Å². The van der Waals surface area contributed by atoms with Gasteiger partial charge in [0.25, 0.3) is 0 Å². The normalized spacial score (nSPS) is 21.5. The zero-order valence-corrected chi connectivity index (χ0v) is 13.0. The molecule has 2 aliphatic rings. The van der Waals surface area contributed by atoms with Gasteiger partial charge in [0, 0.05) is 39.3 Å². The molecule has 0 aliphatic carbocycles. The highest BCUT2D eigenvalue weighted by Gasteiger charge is 2.20. The Bertz CT molecular complexity index is 327. The second kappa shape index (κ2) is 7.42. The molecule has 0 radical (unpaired) electrons. The summed E-state index contributed by atoms with van der Waals surface area (Å²) in [4.78, 5) is 18.4. The van der Waals surface area contributed by atoms with Crippen molar-refractivity contribution in [1.82, 2.24) is 14.7 Å². The van der Waals surface area contributed by atoms with Gasteiger partial charge in [0.05, 0.1) is 19.0 Å². The third kappa shape index (κ3) is 4.59. The summed E-state index contributed by atoms with van der Waals surface area (Å²) in [5.74, 6) is 0.621. The molecule has 0 atom stereocenters. The van der Waals surface area contributed by atoms with Crippen LogP contribution in [0.15, 0.2) is 0 Å². The highest BCUT2D eigenvalue weighted by Crippen LogP contribution is 2.13. The number of carbonyl (C=O) groups is 1. The van der Waals surface area contributed by atoms with Gasteiger partial charge in [0.1, 0.15) is 4.32 Å². The number of rotatable bonds is 2. The number of piperazine rings is 1. The number of thioether (sulfide) groups is 1. The van der Waals surface area contributed by atoms with E-state index in [9.17, 15) is 4.79 Å². The summed E-state index contributed by atoms with van der Waals surface area (Å²) in [7, 11) is 2.12. The average Bonchev–Trinajstić information content (AvgIpc) is 2.46. The Kier molecular flexibility index (Phi) is 5.87. The van der Waals surface area contributed by atoms with E-state index in [1.165, 1.54) is 11.8 Å². The minimum atomic E-state index is 0.171. The second-order valence-electron chi connectivity index (χ2n) is 4.84. The van der Waals surface area contributed by atoms with Crippen molar-refractivity contribution in [1.29, 1.82) is 0 Å². The van der Waals surface area contributed by atoms with E-state index in [4.69, 9.17) is 17.0 Å². The van der Waals surface area contributed by atoms with Crippen LogP contribution in [0.5, 0.6) is 0 Å². The summed E-state index contributed by atoms with van der Waals surface area (Å²) < 4.78 is 6.10. The Labute approximate surface area is 124 Å². The first-order valence-corrected chi connectivity index (χ1v) is 8.02. The lowest BCUT2D eigenvalue weighted by Crippen LogP contribution is -2.46. The van der Waals surface area contributed by atoms with Crippen LogP contribution in [0.3, 0.4) is 0 Å². The lowest BCUT2D eigenvalue weighted by Gasteiger charge is -2.34. The van der Waals surface area contributed by atoms with Crippen LogP contribution in [0.2, 0.25) is 0 Å². The first-order chi connectivity index (χ1) is 9.16. The number of nitrogens with zero attached hydrogens (tertiary/aromatic N) is 3. The number of carbonyl (C=O) groups excluding carboxylic acids is 1. The predicted molar refractivity (Wildman–Crippen MR) is 81.5 cm³/mol. The van der Waals surface area contributed by atoms with Gasteiger partial charge in [0.2, 0.25) is 5.91 Å². The van der Waals surface area contributed by atoms with E-state index in [0.29, 0.717) is 32.1 Å². The topological polar surface area (TPSA) is 36.0 Å². The van der Waals surface area contributed by atoms with Gasteiger partial charge in [-0.3, -0.25) is 4.79 Å². The van der Waals surface area contributed by atoms with E-state index in [-0.39, 0.29) is 5.91 Å². The number of likely N-dealkylation sites (N-methyl/N-ethyl adjacent to an activating group) is 1. The molecule has 19 heavy (non-hydrogen) atoms. The fourth-order valence-corrected chi connectivity index (χ4v) is 3.26. The van der Waals surface area contributed by atoms with Crippen LogP contribution in [-0.4, -0.2) is 90.2 Å². The van der Waals surface area contributed by atoms with Gasteiger partial charge in [-0.2, -0.15) is 0 Å². The standard InChI is InChI=1S/C12H21N3O2S2/c1-13-2-4-15(5-3-13)12(18)19-10-11(16)14-6-8-17-9-7-14/h2-10H2,1H3. The predicted octanol–water partition coefficient (Wildman–Crippen LogP) is 0.111. The summed E-state index contributed by atoms with van der Waals surface area (Å²) in [6.07, 6.45) is 0. The van der Waals surface area contributed by atoms with Gasteiger partial charge in [-0.1, -0.05) is 24.0 Å². The molecule has 2 saturated heterocycles. The largest absolute Gasteiger partial charge is 0.378 e. The van der Waals surface area contributed by atoms with Crippen LogP contribution >= 0.6 is 24.0 Å². The zero-order valence-electron chi connectivity index (χ0n) is 11.3. The fraction of sp³-hybridized carbons (Fsp3) is 0.833. The molecule has 2 heterocycles. The maximum atomic E-state index is 12.0. The van der Waals surface area contributed by atoms with Crippen LogP contribution < -0.4 is 0 Å². The third-order valence-electron chi connectivity index (χ3n) is 3.44. The first kappa shape index (κ1) is 15.0. The number of ether oxygens (including phenoxy) is 1. The maximum absolute atomic E-state index is 12.0. The lowest BCUT2D eigenvalue weighted by atomic mass is 10.4. The number of amides is 1. The van der Waals surface area contributed by atoms with Crippen LogP contribution in [-0.2, 0) is 9.53 Å². The van der Waals surface area contributed by atoms with Crippen molar-refractivity contribution in [2.45, 2.75) is 0 Å². The van der Waals surface area contributed by atoms with Crippen molar-refractivity contribution in [2.75, 3.05) is 65.3 Å². The maximum Gasteiger partial charge on any atom is 0.233 e. The van der Waals surface area contributed by atoms with E-state index in [0.717, 1.165) is 30.5 Å². The highest BCUT2D eigenvalue weighted by atomic mass is 32.2. The van der Waals surface area contributed by atoms with Gasteiger partial charge >= 0.3 is 0 Å². The number of hydrogen-bond acceptors (Lipinski definition) is 5. The average molecular weight is 303 g/mol. The molecule has 0 aromatic rings. The molecular weight excluding hydrogens is 282 g/mol. The van der Waals surface area contributed by atoms with E-state index < -0.39 is 0 Å². The lowest BCUT2D eigenvalue weighted by molar-refractivity contribution is -0.132. The summed E-state index contributed by atoms with van der Waals surface area (Å²) >= 11 is 6.90. The van der Waals surface area contributed by atoms with E-state index in [1.807, 2.05) is 4.90 Å². The van der Waals surface area contributed by atoms with E-state index in [2.05, 4.69) is 16.8 Å². The van der Waals surface area contributed by atoms with Crippen LogP contribution in [0, 0.1) is 0 Å². The summed E-state index contributed by atoms with van der Waals surface area (Å²) in [6.45, 7) is 6.73. The molecule has 0 unspecified atom stereocenters. The van der Waals surface area contributed by atoms with Crippen LogP contribution in [0.4, 0.5) is 0 Å². The molecule has 0 saturated carbocycles. The van der Waals surface area contributed by atoms with Crippen molar-refractivity contribution in [3.8, 4) is 0 Å². The number of hydrogen-bond donors (Lipinski definition) is 0. The molecule has 108 valence electrons. The first-order valence-electron chi connectivity index (χ1n) is 6.62. The Morgan fingerprint density at radius 3 is 2.37 bits per heavy atom. The van der Waals surface area contributed by atoms with Crippen LogP contribution in [0.1, 0.15) is 0 Å². The molecule has 0 aromatic carbocycles.